The molecule has 1 aromatic heterocycles. The zero-order chi connectivity index (χ0) is 24.4. The van der Waals surface area contributed by atoms with Crippen LogP contribution in [0.15, 0.2) is 97.1 Å². The first-order valence-corrected chi connectivity index (χ1v) is 11.9. The molecule has 0 aliphatic heterocycles. The molecule has 5 aromatic rings. The fourth-order valence-electron chi connectivity index (χ4n) is 4.79. The number of pyridine rings is 1. The maximum Gasteiger partial charge on any atom is 0.221 e. The van der Waals surface area contributed by atoms with Crippen LogP contribution >= 0.6 is 0 Å². The van der Waals surface area contributed by atoms with Gasteiger partial charge in [-0.3, -0.25) is 0 Å². The topological polar surface area (TPSA) is 45.6 Å². The lowest BCUT2D eigenvalue weighted by atomic mass is 9.80. The summed E-state index contributed by atoms with van der Waals surface area (Å²) in [5.74, 6) is 0.573. The van der Waals surface area contributed by atoms with Crippen molar-refractivity contribution >= 4 is 21.7 Å². The van der Waals surface area contributed by atoms with E-state index >= 15 is 0 Å². The number of aromatic nitrogens is 1. The van der Waals surface area contributed by atoms with Crippen LogP contribution in [0.25, 0.3) is 32.8 Å². The molecule has 1 N–H and O–H groups in total. The average Bonchev–Trinajstić information content (AvgIpc) is 2.90. The fourth-order valence-corrected chi connectivity index (χ4v) is 4.79. The number of hydrogen-bond donors (Lipinski definition) is 1. The summed E-state index contributed by atoms with van der Waals surface area (Å²) in [6.07, 6.45) is 0.546. The molecular formula is C31H30N2O2. The molecule has 0 saturated carbocycles. The predicted molar refractivity (Wildman–Crippen MR) is 144 cm³/mol. The third-order valence-corrected chi connectivity index (χ3v) is 6.70. The average molecular weight is 463 g/mol. The van der Waals surface area contributed by atoms with Crippen molar-refractivity contribution in [1.82, 2.24) is 9.88 Å². The van der Waals surface area contributed by atoms with Crippen LogP contribution in [0.2, 0.25) is 0 Å². The first-order valence-electron chi connectivity index (χ1n) is 11.9. The van der Waals surface area contributed by atoms with Crippen molar-refractivity contribution in [1.29, 1.82) is 0 Å². The maximum absolute atomic E-state index is 12.5. The van der Waals surface area contributed by atoms with Crippen LogP contribution in [0.4, 0.5) is 0 Å². The van der Waals surface area contributed by atoms with Crippen LogP contribution < -0.4 is 4.74 Å². The molecule has 1 unspecified atom stereocenters. The minimum Gasteiger partial charge on any atom is -0.481 e. The van der Waals surface area contributed by atoms with Gasteiger partial charge in [0.1, 0.15) is 5.60 Å². The molecule has 176 valence electrons. The molecule has 4 aromatic carbocycles. The third kappa shape index (κ3) is 4.39. The molecule has 4 heteroatoms. The fraction of sp³-hybridized carbons (Fsp3) is 0.194. The Kier molecular flexibility index (Phi) is 6.25. The molecule has 0 radical (unpaired) electrons. The van der Waals surface area contributed by atoms with Gasteiger partial charge in [-0.25, -0.2) is 4.98 Å². The maximum atomic E-state index is 12.5. The number of hydrogen-bond acceptors (Lipinski definition) is 4. The summed E-state index contributed by atoms with van der Waals surface area (Å²) in [4.78, 5) is 6.94. The van der Waals surface area contributed by atoms with E-state index in [-0.39, 0.29) is 0 Å². The Balaban J connectivity index is 1.76. The lowest BCUT2D eigenvalue weighted by molar-refractivity contribution is 0.0645. The van der Waals surface area contributed by atoms with Gasteiger partial charge in [-0.2, -0.15) is 0 Å². The summed E-state index contributed by atoms with van der Waals surface area (Å²) in [6, 6.07) is 32.7. The molecule has 0 saturated heterocycles. The highest BCUT2D eigenvalue weighted by atomic mass is 16.5. The van der Waals surface area contributed by atoms with Crippen LogP contribution in [-0.2, 0) is 5.60 Å². The van der Waals surface area contributed by atoms with Crippen LogP contribution in [-0.4, -0.2) is 42.7 Å². The second-order valence-corrected chi connectivity index (χ2v) is 9.26. The summed E-state index contributed by atoms with van der Waals surface area (Å²) in [5.41, 5.74) is 3.25. The second kappa shape index (κ2) is 9.49. The van der Waals surface area contributed by atoms with Crippen molar-refractivity contribution in [3.8, 4) is 17.0 Å². The number of methoxy groups -OCH3 is 1. The van der Waals surface area contributed by atoms with Crippen LogP contribution in [0, 0.1) is 0 Å². The lowest BCUT2D eigenvalue weighted by Gasteiger charge is -2.32. The first-order chi connectivity index (χ1) is 17.0. The first kappa shape index (κ1) is 23.0. The highest BCUT2D eigenvalue weighted by Crippen LogP contribution is 2.41. The van der Waals surface area contributed by atoms with E-state index in [1.54, 1.807) is 7.11 Å². The molecule has 0 bridgehead atoms. The minimum atomic E-state index is -1.20. The van der Waals surface area contributed by atoms with Crippen molar-refractivity contribution in [2.75, 3.05) is 27.7 Å². The van der Waals surface area contributed by atoms with E-state index in [4.69, 9.17) is 9.72 Å². The van der Waals surface area contributed by atoms with Crippen molar-refractivity contribution in [2.45, 2.75) is 12.0 Å². The van der Waals surface area contributed by atoms with E-state index in [1.807, 2.05) is 68.7 Å². The van der Waals surface area contributed by atoms with Gasteiger partial charge in [-0.15, -0.1) is 0 Å². The Labute approximate surface area is 206 Å². The van der Waals surface area contributed by atoms with Crippen LogP contribution in [0.3, 0.4) is 0 Å². The van der Waals surface area contributed by atoms with Gasteiger partial charge in [0.05, 0.1) is 12.6 Å². The Morgan fingerprint density at radius 1 is 0.829 bits per heavy atom. The summed E-state index contributed by atoms with van der Waals surface area (Å²) < 4.78 is 5.66. The number of fused-ring (bicyclic) bond motifs is 2. The number of aliphatic hydroxyl groups is 1. The Bertz CT molecular complexity index is 1480. The number of benzene rings is 4. The standard InChI is InChI=1S/C31H30N2O2/c1-33(2)19-18-31(34,25-17-16-22-10-7-8-13-24(22)20-25)28-14-9-15-29-27(28)21-26(30(32-29)35-3)23-11-5-4-6-12-23/h4-17,20-21,34H,18-19H2,1-3H3. The summed E-state index contributed by atoms with van der Waals surface area (Å²) in [5, 5.41) is 15.6. The van der Waals surface area contributed by atoms with Crippen LogP contribution in [0.5, 0.6) is 5.88 Å². The van der Waals surface area contributed by atoms with Gasteiger partial charge in [0.15, 0.2) is 0 Å². The normalized spacial score (nSPS) is 13.3. The summed E-state index contributed by atoms with van der Waals surface area (Å²) in [7, 11) is 5.71. The molecule has 0 spiro atoms. The highest BCUT2D eigenvalue weighted by Gasteiger charge is 2.34. The van der Waals surface area contributed by atoms with Crippen molar-refractivity contribution in [3.63, 3.8) is 0 Å². The zero-order valence-electron chi connectivity index (χ0n) is 20.4. The quantitative estimate of drug-likeness (QED) is 0.310. The summed E-state index contributed by atoms with van der Waals surface area (Å²) in [6.45, 7) is 0.731. The molecule has 4 nitrogen and oxygen atoms in total. The van der Waals surface area contributed by atoms with Crippen molar-refractivity contribution in [3.05, 3.63) is 108 Å². The van der Waals surface area contributed by atoms with Crippen molar-refractivity contribution < 1.29 is 9.84 Å². The lowest BCUT2D eigenvalue weighted by Crippen LogP contribution is -2.32. The molecule has 0 aliphatic rings. The molecule has 0 aliphatic carbocycles. The molecule has 35 heavy (non-hydrogen) atoms. The third-order valence-electron chi connectivity index (χ3n) is 6.70. The second-order valence-electron chi connectivity index (χ2n) is 9.26. The van der Waals surface area contributed by atoms with Gasteiger partial charge in [-0.1, -0.05) is 78.9 Å². The van der Waals surface area contributed by atoms with Gasteiger partial charge in [-0.05, 0) is 66.2 Å². The molecule has 1 atom stereocenters. The monoisotopic (exact) mass is 462 g/mol. The highest BCUT2D eigenvalue weighted by molar-refractivity contribution is 5.90. The van der Waals surface area contributed by atoms with E-state index in [2.05, 4.69) is 47.4 Å². The molecule has 5 rings (SSSR count). The van der Waals surface area contributed by atoms with E-state index in [1.165, 1.54) is 0 Å². The van der Waals surface area contributed by atoms with Gasteiger partial charge in [0, 0.05) is 17.5 Å². The van der Waals surface area contributed by atoms with Gasteiger partial charge in [0.25, 0.3) is 0 Å². The van der Waals surface area contributed by atoms with Crippen molar-refractivity contribution in [2.24, 2.45) is 0 Å². The molecule has 0 fully saturated rings. The molecular weight excluding hydrogens is 432 g/mol. The van der Waals surface area contributed by atoms with Crippen LogP contribution in [0.1, 0.15) is 17.5 Å². The van der Waals surface area contributed by atoms with Gasteiger partial charge < -0.3 is 14.7 Å². The smallest absolute Gasteiger partial charge is 0.221 e. The number of ether oxygens (including phenoxy) is 1. The SMILES string of the molecule is COc1nc2cccc(C(O)(CCN(C)C)c3ccc4ccccc4c3)c2cc1-c1ccccc1. The number of nitrogens with zero attached hydrogens (tertiary/aromatic N) is 2. The Morgan fingerprint density at radius 3 is 2.31 bits per heavy atom. The largest absolute Gasteiger partial charge is 0.481 e. The predicted octanol–water partition coefficient (Wildman–Crippen LogP) is 6.25. The summed E-state index contributed by atoms with van der Waals surface area (Å²) >= 11 is 0. The van der Waals surface area contributed by atoms with Gasteiger partial charge >= 0.3 is 0 Å². The number of rotatable bonds is 7. The van der Waals surface area contributed by atoms with E-state index in [0.717, 1.165) is 50.5 Å². The Hall–Kier alpha value is -3.73. The molecule has 0 amide bonds. The van der Waals surface area contributed by atoms with Gasteiger partial charge in [0.2, 0.25) is 5.88 Å². The zero-order valence-corrected chi connectivity index (χ0v) is 20.4. The van der Waals surface area contributed by atoms with E-state index in [9.17, 15) is 5.11 Å². The minimum absolute atomic E-state index is 0.546. The molecule has 1 heterocycles. The Morgan fingerprint density at radius 2 is 1.57 bits per heavy atom. The van der Waals surface area contributed by atoms with E-state index < -0.39 is 5.60 Å². The van der Waals surface area contributed by atoms with E-state index in [0.29, 0.717) is 12.3 Å².